The first kappa shape index (κ1) is 10.8. The van der Waals surface area contributed by atoms with Gasteiger partial charge in [-0.05, 0) is 26.2 Å². The van der Waals surface area contributed by atoms with E-state index in [0.717, 1.165) is 19.3 Å². The molecule has 1 amide bonds. The van der Waals surface area contributed by atoms with Crippen LogP contribution in [-0.4, -0.2) is 19.1 Å². The molecule has 0 aromatic heterocycles. The Kier molecular flexibility index (Phi) is 4.23. The molecular formula is C11H17NO2. The van der Waals surface area contributed by atoms with Crippen LogP contribution < -0.4 is 5.32 Å². The molecule has 0 bridgehead atoms. The van der Waals surface area contributed by atoms with Crippen molar-refractivity contribution in [1.82, 2.24) is 5.32 Å². The number of rotatable bonds is 3. The lowest BCUT2D eigenvalue weighted by atomic mass is 10.0. The van der Waals surface area contributed by atoms with Gasteiger partial charge in [0.2, 0.25) is 5.91 Å². The summed E-state index contributed by atoms with van der Waals surface area (Å²) < 4.78 is 4.90. The van der Waals surface area contributed by atoms with E-state index in [2.05, 4.69) is 17.5 Å². The van der Waals surface area contributed by atoms with Gasteiger partial charge >= 0.3 is 0 Å². The van der Waals surface area contributed by atoms with Gasteiger partial charge in [0.05, 0.1) is 12.9 Å². The van der Waals surface area contributed by atoms with Crippen molar-refractivity contribution in [2.45, 2.75) is 32.2 Å². The van der Waals surface area contributed by atoms with E-state index in [-0.39, 0.29) is 11.9 Å². The number of nitrogens with one attached hydrogen (secondary N) is 1. The van der Waals surface area contributed by atoms with Gasteiger partial charge in [-0.15, -0.1) is 0 Å². The molecule has 1 atom stereocenters. The van der Waals surface area contributed by atoms with Gasteiger partial charge < -0.3 is 10.1 Å². The van der Waals surface area contributed by atoms with Crippen molar-refractivity contribution < 1.29 is 9.53 Å². The Morgan fingerprint density at radius 1 is 1.57 bits per heavy atom. The lowest BCUT2D eigenvalue weighted by molar-refractivity contribution is -0.117. The molecule has 0 saturated carbocycles. The van der Waals surface area contributed by atoms with E-state index in [0.29, 0.717) is 5.76 Å². The zero-order chi connectivity index (χ0) is 10.4. The lowest BCUT2D eigenvalue weighted by Gasteiger charge is -2.18. The molecule has 14 heavy (non-hydrogen) atoms. The number of allylic oxidation sites excluding steroid dienone is 2. The normalized spacial score (nSPS) is 21.9. The second-order valence-corrected chi connectivity index (χ2v) is 3.45. The molecule has 0 fully saturated rings. The minimum absolute atomic E-state index is 0.0651. The number of amides is 1. The maximum atomic E-state index is 11.4. The van der Waals surface area contributed by atoms with Crippen LogP contribution in [0.2, 0.25) is 0 Å². The van der Waals surface area contributed by atoms with Crippen LogP contribution in [0.25, 0.3) is 0 Å². The summed E-state index contributed by atoms with van der Waals surface area (Å²) in [5, 5.41) is 2.94. The molecule has 0 aliphatic heterocycles. The summed E-state index contributed by atoms with van der Waals surface area (Å²) in [4.78, 5) is 11.4. The van der Waals surface area contributed by atoms with E-state index in [4.69, 9.17) is 4.74 Å². The average molecular weight is 195 g/mol. The number of ether oxygens (including phenoxy) is 1. The van der Waals surface area contributed by atoms with Crippen LogP contribution in [0.1, 0.15) is 26.2 Å². The molecule has 1 N–H and O–H groups in total. The van der Waals surface area contributed by atoms with E-state index in [9.17, 15) is 4.79 Å². The zero-order valence-corrected chi connectivity index (χ0v) is 8.75. The fourth-order valence-corrected chi connectivity index (χ4v) is 1.41. The van der Waals surface area contributed by atoms with Crippen LogP contribution in [0.3, 0.4) is 0 Å². The van der Waals surface area contributed by atoms with Gasteiger partial charge in [-0.1, -0.05) is 12.2 Å². The topological polar surface area (TPSA) is 38.3 Å². The van der Waals surface area contributed by atoms with Crippen molar-refractivity contribution in [3.05, 3.63) is 24.0 Å². The zero-order valence-electron chi connectivity index (χ0n) is 8.75. The minimum atomic E-state index is -0.0651. The molecule has 0 saturated heterocycles. The Hall–Kier alpha value is -1.25. The maximum absolute atomic E-state index is 11.4. The van der Waals surface area contributed by atoms with Crippen LogP contribution in [0.4, 0.5) is 0 Å². The summed E-state index contributed by atoms with van der Waals surface area (Å²) >= 11 is 0. The molecule has 0 aromatic rings. The predicted octanol–water partition coefficient (Wildman–Crippen LogP) is 1.76. The standard InChI is InChI=1S/C11H17NO2/c1-9(14-2)8-11(13)12-10-6-4-3-5-7-10/h3-4,8,10H,5-7H2,1-2H3,(H,12,13)/b9-8+. The van der Waals surface area contributed by atoms with E-state index < -0.39 is 0 Å². The van der Waals surface area contributed by atoms with Gasteiger partial charge in [-0.3, -0.25) is 4.79 Å². The lowest BCUT2D eigenvalue weighted by Crippen LogP contribution is -2.34. The average Bonchev–Trinajstić information content (AvgIpc) is 2.19. The molecule has 0 heterocycles. The van der Waals surface area contributed by atoms with Gasteiger partial charge in [-0.2, -0.15) is 0 Å². The van der Waals surface area contributed by atoms with Crippen LogP contribution in [-0.2, 0) is 9.53 Å². The highest BCUT2D eigenvalue weighted by molar-refractivity contribution is 5.88. The third-order valence-corrected chi connectivity index (χ3v) is 2.27. The van der Waals surface area contributed by atoms with Gasteiger partial charge in [0.15, 0.2) is 0 Å². The fourth-order valence-electron chi connectivity index (χ4n) is 1.41. The SMILES string of the molecule is CO/C(C)=C/C(=O)NC1CC=CCC1. The van der Waals surface area contributed by atoms with Crippen LogP contribution in [0.15, 0.2) is 24.0 Å². The molecule has 78 valence electrons. The fraction of sp³-hybridized carbons (Fsp3) is 0.545. The Morgan fingerprint density at radius 2 is 2.36 bits per heavy atom. The monoisotopic (exact) mass is 195 g/mol. The van der Waals surface area contributed by atoms with Gasteiger partial charge in [0.1, 0.15) is 0 Å². The van der Waals surface area contributed by atoms with E-state index >= 15 is 0 Å². The van der Waals surface area contributed by atoms with E-state index in [1.54, 1.807) is 14.0 Å². The third-order valence-electron chi connectivity index (χ3n) is 2.27. The number of carbonyl (C=O) groups is 1. The van der Waals surface area contributed by atoms with Crippen molar-refractivity contribution in [3.8, 4) is 0 Å². The van der Waals surface area contributed by atoms with Crippen molar-refractivity contribution in [1.29, 1.82) is 0 Å². The maximum Gasteiger partial charge on any atom is 0.247 e. The molecule has 1 unspecified atom stereocenters. The highest BCUT2D eigenvalue weighted by atomic mass is 16.5. The molecule has 3 heteroatoms. The number of methoxy groups -OCH3 is 1. The van der Waals surface area contributed by atoms with Crippen LogP contribution in [0.5, 0.6) is 0 Å². The number of hydrogen-bond acceptors (Lipinski definition) is 2. The molecule has 0 radical (unpaired) electrons. The molecule has 3 nitrogen and oxygen atoms in total. The molecule has 1 aliphatic rings. The van der Waals surface area contributed by atoms with E-state index in [1.165, 1.54) is 6.08 Å². The second-order valence-electron chi connectivity index (χ2n) is 3.45. The third kappa shape index (κ3) is 3.64. The first-order valence-electron chi connectivity index (χ1n) is 4.90. The largest absolute Gasteiger partial charge is 0.501 e. The molecule has 0 aromatic carbocycles. The summed E-state index contributed by atoms with van der Waals surface area (Å²) in [5.74, 6) is 0.568. The summed E-state index contributed by atoms with van der Waals surface area (Å²) in [6.07, 6.45) is 8.77. The van der Waals surface area contributed by atoms with Gasteiger partial charge in [-0.25, -0.2) is 0 Å². The van der Waals surface area contributed by atoms with E-state index in [1.807, 2.05) is 0 Å². The number of hydrogen-bond donors (Lipinski definition) is 1. The van der Waals surface area contributed by atoms with Crippen molar-refractivity contribution in [2.75, 3.05) is 7.11 Å². The highest BCUT2D eigenvalue weighted by Crippen LogP contribution is 2.10. The Morgan fingerprint density at radius 3 is 2.93 bits per heavy atom. The Balaban J connectivity index is 2.36. The highest BCUT2D eigenvalue weighted by Gasteiger charge is 2.11. The van der Waals surface area contributed by atoms with Crippen molar-refractivity contribution >= 4 is 5.91 Å². The molecular weight excluding hydrogens is 178 g/mol. The summed E-state index contributed by atoms with van der Waals surface area (Å²) in [5.41, 5.74) is 0. The predicted molar refractivity (Wildman–Crippen MR) is 55.7 cm³/mol. The molecule has 1 aliphatic carbocycles. The van der Waals surface area contributed by atoms with Crippen molar-refractivity contribution in [3.63, 3.8) is 0 Å². The quantitative estimate of drug-likeness (QED) is 0.423. The van der Waals surface area contributed by atoms with Crippen LogP contribution in [0, 0.1) is 0 Å². The first-order valence-corrected chi connectivity index (χ1v) is 4.90. The smallest absolute Gasteiger partial charge is 0.247 e. The second kappa shape index (κ2) is 5.47. The Bertz CT molecular complexity index is 256. The Labute approximate surface area is 84.8 Å². The molecule has 0 spiro atoms. The minimum Gasteiger partial charge on any atom is -0.501 e. The van der Waals surface area contributed by atoms with Gasteiger partial charge in [0, 0.05) is 12.1 Å². The van der Waals surface area contributed by atoms with Crippen molar-refractivity contribution in [2.24, 2.45) is 0 Å². The van der Waals surface area contributed by atoms with Gasteiger partial charge in [0.25, 0.3) is 0 Å². The summed E-state index contributed by atoms with van der Waals surface area (Å²) in [7, 11) is 1.56. The summed E-state index contributed by atoms with van der Waals surface area (Å²) in [6.45, 7) is 1.76. The summed E-state index contributed by atoms with van der Waals surface area (Å²) in [6, 6.07) is 0.286. The number of carbonyl (C=O) groups excluding carboxylic acids is 1. The first-order chi connectivity index (χ1) is 6.72. The molecule has 1 rings (SSSR count). The van der Waals surface area contributed by atoms with Crippen LogP contribution >= 0.6 is 0 Å².